The highest BCUT2D eigenvalue weighted by Crippen LogP contribution is 2.38. The standard InChI is InChI=1S/C21H21FN4O5/c1-10-2-3-11(19(22)24-10)7-23-20(29)14-8-25-9-15-26(12-4-5-13(6-12)31-15)21(30)16(25)18(28)17(14)27/h2-3,8,12-13,15,28H,4-7,9H2,1H3,(H,23,29)/t12-,13+,15+/m0/s1. The Balaban J connectivity index is 1.43. The average Bonchev–Trinajstić information content (AvgIpc) is 3.10. The summed E-state index contributed by atoms with van der Waals surface area (Å²) >= 11 is 0. The van der Waals surface area contributed by atoms with Crippen LogP contribution in [0, 0.1) is 12.9 Å². The molecule has 0 radical (unpaired) electrons. The van der Waals surface area contributed by atoms with Gasteiger partial charge in [0, 0.05) is 30.0 Å². The summed E-state index contributed by atoms with van der Waals surface area (Å²) in [4.78, 5) is 43.6. The van der Waals surface area contributed by atoms with Gasteiger partial charge in [-0.1, -0.05) is 6.07 Å². The quantitative estimate of drug-likeness (QED) is 0.707. The molecule has 2 amide bonds. The van der Waals surface area contributed by atoms with Crippen molar-refractivity contribution in [3.63, 3.8) is 0 Å². The molecule has 2 N–H and O–H groups in total. The molecule has 4 heterocycles. The molecule has 2 aromatic heterocycles. The van der Waals surface area contributed by atoms with Gasteiger partial charge in [-0.15, -0.1) is 0 Å². The maximum Gasteiger partial charge on any atom is 0.276 e. The zero-order chi connectivity index (χ0) is 21.9. The lowest BCUT2D eigenvalue weighted by atomic mass is 10.1. The van der Waals surface area contributed by atoms with E-state index in [1.54, 1.807) is 17.9 Å². The summed E-state index contributed by atoms with van der Waals surface area (Å²) in [5.41, 5.74) is -0.747. The molecule has 2 fully saturated rings. The van der Waals surface area contributed by atoms with Gasteiger partial charge in [0.1, 0.15) is 5.56 Å². The number of carbonyl (C=O) groups excluding carboxylic acids is 2. The fourth-order valence-electron chi connectivity index (χ4n) is 4.67. The summed E-state index contributed by atoms with van der Waals surface area (Å²) < 4.78 is 21.3. The number of aromatic nitrogens is 2. The highest BCUT2D eigenvalue weighted by atomic mass is 19.1. The number of rotatable bonds is 3. The average molecular weight is 428 g/mol. The largest absolute Gasteiger partial charge is 0.503 e. The number of hydrogen-bond acceptors (Lipinski definition) is 6. The van der Waals surface area contributed by atoms with Gasteiger partial charge in [-0.2, -0.15) is 4.39 Å². The van der Waals surface area contributed by atoms with Crippen LogP contribution in [0.5, 0.6) is 5.75 Å². The van der Waals surface area contributed by atoms with E-state index in [1.165, 1.54) is 16.8 Å². The predicted molar refractivity (Wildman–Crippen MR) is 105 cm³/mol. The lowest BCUT2D eigenvalue weighted by Gasteiger charge is -2.44. The van der Waals surface area contributed by atoms with Gasteiger partial charge < -0.3 is 24.6 Å². The first-order valence-electron chi connectivity index (χ1n) is 10.2. The number of hydrogen-bond donors (Lipinski definition) is 2. The second-order valence-corrected chi connectivity index (χ2v) is 8.20. The van der Waals surface area contributed by atoms with Gasteiger partial charge in [0.25, 0.3) is 11.8 Å². The van der Waals surface area contributed by atoms with Crippen molar-refractivity contribution in [1.82, 2.24) is 19.8 Å². The molecule has 0 aromatic carbocycles. The topological polar surface area (TPSA) is 114 Å². The Morgan fingerprint density at radius 1 is 1.35 bits per heavy atom. The van der Waals surface area contributed by atoms with E-state index in [2.05, 4.69) is 10.3 Å². The Bertz CT molecular complexity index is 1160. The fraction of sp³-hybridized carbons (Fsp3) is 0.429. The zero-order valence-electron chi connectivity index (χ0n) is 16.8. The van der Waals surface area contributed by atoms with Gasteiger partial charge in [-0.05, 0) is 32.3 Å². The Kier molecular flexibility index (Phi) is 4.54. The van der Waals surface area contributed by atoms with Crippen molar-refractivity contribution in [3.8, 4) is 5.75 Å². The number of aryl methyl sites for hydroxylation is 1. The van der Waals surface area contributed by atoms with Gasteiger partial charge in [0.2, 0.25) is 11.4 Å². The molecular weight excluding hydrogens is 407 g/mol. The van der Waals surface area contributed by atoms with Crippen LogP contribution in [0.15, 0.2) is 23.1 Å². The predicted octanol–water partition coefficient (Wildman–Crippen LogP) is 1.06. The molecule has 1 aliphatic carbocycles. The number of nitrogens with one attached hydrogen (secondary N) is 1. The van der Waals surface area contributed by atoms with Gasteiger partial charge in [0.05, 0.1) is 12.6 Å². The highest BCUT2D eigenvalue weighted by molar-refractivity contribution is 5.99. The molecule has 1 saturated carbocycles. The van der Waals surface area contributed by atoms with Crippen LogP contribution in [-0.2, 0) is 17.8 Å². The SMILES string of the molecule is Cc1ccc(CNC(=O)c2cn3c(c(O)c2=O)C(=O)N2[C@H]4CC[C@H](C4)O[C@@H]2C3)c(F)n1. The van der Waals surface area contributed by atoms with Crippen molar-refractivity contribution in [1.29, 1.82) is 0 Å². The number of ether oxygens (including phenoxy) is 1. The van der Waals surface area contributed by atoms with E-state index >= 15 is 0 Å². The normalized spacial score (nSPS) is 24.0. The molecule has 1 saturated heterocycles. The van der Waals surface area contributed by atoms with Crippen molar-refractivity contribution in [2.45, 2.75) is 57.6 Å². The van der Waals surface area contributed by atoms with E-state index in [0.717, 1.165) is 19.3 Å². The van der Waals surface area contributed by atoms with E-state index < -0.39 is 35.2 Å². The lowest BCUT2D eigenvalue weighted by Crippen LogP contribution is -2.57. The number of halogens is 1. The summed E-state index contributed by atoms with van der Waals surface area (Å²) in [6.45, 7) is 1.67. The Morgan fingerprint density at radius 2 is 2.16 bits per heavy atom. The summed E-state index contributed by atoms with van der Waals surface area (Å²) in [6.07, 6.45) is 3.28. The summed E-state index contributed by atoms with van der Waals surface area (Å²) in [7, 11) is 0. The second-order valence-electron chi connectivity index (χ2n) is 8.20. The maximum absolute atomic E-state index is 13.9. The third-order valence-corrected chi connectivity index (χ3v) is 6.21. The van der Waals surface area contributed by atoms with Crippen LogP contribution < -0.4 is 10.7 Å². The number of aromatic hydroxyl groups is 1. The molecule has 9 nitrogen and oxygen atoms in total. The van der Waals surface area contributed by atoms with Gasteiger partial charge in [-0.25, -0.2) is 4.98 Å². The molecule has 5 rings (SSSR count). The maximum atomic E-state index is 13.9. The van der Waals surface area contributed by atoms with E-state index in [4.69, 9.17) is 4.74 Å². The number of fused-ring (bicyclic) bond motifs is 5. The van der Waals surface area contributed by atoms with Crippen LogP contribution in [0.3, 0.4) is 0 Å². The van der Waals surface area contributed by atoms with E-state index in [1.807, 2.05) is 0 Å². The summed E-state index contributed by atoms with van der Waals surface area (Å²) in [6, 6.07) is 3.14. The molecule has 0 spiro atoms. The van der Waals surface area contributed by atoms with Crippen molar-refractivity contribution in [3.05, 3.63) is 57.0 Å². The van der Waals surface area contributed by atoms with Crippen LogP contribution in [0.25, 0.3) is 0 Å². The minimum absolute atomic E-state index is 0.0282. The van der Waals surface area contributed by atoms with Gasteiger partial charge >= 0.3 is 0 Å². The minimum Gasteiger partial charge on any atom is -0.503 e. The van der Waals surface area contributed by atoms with Gasteiger partial charge in [-0.3, -0.25) is 14.4 Å². The van der Waals surface area contributed by atoms with Crippen LogP contribution in [0.1, 0.15) is 51.4 Å². The molecule has 3 atom stereocenters. The molecule has 3 aliphatic rings. The van der Waals surface area contributed by atoms with Crippen molar-refractivity contribution in [2.24, 2.45) is 0 Å². The Hall–Kier alpha value is -3.27. The second kappa shape index (κ2) is 7.16. The molecular formula is C21H21FN4O5. The first kappa shape index (κ1) is 19.7. The van der Waals surface area contributed by atoms with Crippen LogP contribution in [0.4, 0.5) is 4.39 Å². The smallest absolute Gasteiger partial charge is 0.276 e. The van der Waals surface area contributed by atoms with Gasteiger partial charge in [0.15, 0.2) is 17.7 Å². The molecule has 2 aliphatic heterocycles. The van der Waals surface area contributed by atoms with Crippen LogP contribution in [0.2, 0.25) is 0 Å². The van der Waals surface area contributed by atoms with Crippen LogP contribution in [-0.4, -0.2) is 49.7 Å². The molecule has 31 heavy (non-hydrogen) atoms. The zero-order valence-corrected chi connectivity index (χ0v) is 16.8. The lowest BCUT2D eigenvalue weighted by molar-refractivity contribution is -0.132. The molecule has 162 valence electrons. The van der Waals surface area contributed by atoms with E-state index in [9.17, 15) is 23.9 Å². The van der Waals surface area contributed by atoms with E-state index in [-0.39, 0.29) is 42.1 Å². The van der Waals surface area contributed by atoms with E-state index in [0.29, 0.717) is 5.69 Å². The number of amides is 2. The number of pyridine rings is 2. The van der Waals surface area contributed by atoms with Crippen molar-refractivity contribution < 1.29 is 23.8 Å². The summed E-state index contributed by atoms with van der Waals surface area (Å²) in [5.74, 6) is -2.73. The summed E-state index contributed by atoms with van der Waals surface area (Å²) in [5, 5.41) is 13.0. The van der Waals surface area contributed by atoms with Crippen molar-refractivity contribution in [2.75, 3.05) is 0 Å². The molecule has 10 heteroatoms. The van der Waals surface area contributed by atoms with Crippen molar-refractivity contribution >= 4 is 11.8 Å². The third-order valence-electron chi connectivity index (χ3n) is 6.21. The van der Waals surface area contributed by atoms with Crippen LogP contribution >= 0.6 is 0 Å². The third kappa shape index (κ3) is 3.18. The fourth-order valence-corrected chi connectivity index (χ4v) is 4.67. The highest BCUT2D eigenvalue weighted by Gasteiger charge is 2.47. The number of carbonyl (C=O) groups is 2. The minimum atomic E-state index is -0.944. The first-order chi connectivity index (χ1) is 14.8. The Morgan fingerprint density at radius 3 is 2.94 bits per heavy atom. The molecule has 0 unspecified atom stereocenters. The Labute approximate surface area is 176 Å². The first-order valence-corrected chi connectivity index (χ1v) is 10.2. The molecule has 2 bridgehead atoms. The number of nitrogens with zero attached hydrogens (tertiary/aromatic N) is 3. The molecule has 2 aromatic rings. The monoisotopic (exact) mass is 428 g/mol.